The average Bonchev–Trinajstić information content (AvgIpc) is 2.64. The van der Waals surface area contributed by atoms with Gasteiger partial charge >= 0.3 is 6.18 Å². The summed E-state index contributed by atoms with van der Waals surface area (Å²) in [5, 5.41) is 9.67. The highest BCUT2D eigenvalue weighted by Gasteiger charge is 2.55. The Kier molecular flexibility index (Phi) is 4.35. The van der Waals surface area contributed by atoms with Gasteiger partial charge in [-0.2, -0.15) is 13.2 Å². The summed E-state index contributed by atoms with van der Waals surface area (Å²) in [5.74, 6) is 0.111. The summed E-state index contributed by atoms with van der Waals surface area (Å²) in [5.41, 5.74) is -2.67. The normalized spacial score (nSPS) is 32.6. The minimum absolute atomic E-state index is 0.111. The van der Waals surface area contributed by atoms with Crippen molar-refractivity contribution in [3.05, 3.63) is 0 Å². The van der Waals surface area contributed by atoms with Crippen LogP contribution in [0.1, 0.15) is 19.3 Å². The van der Waals surface area contributed by atoms with Crippen molar-refractivity contribution in [3.8, 4) is 0 Å². The first-order chi connectivity index (χ1) is 9.14. The second-order valence-electron chi connectivity index (χ2n) is 5.48. The van der Waals surface area contributed by atoms with Crippen LogP contribution in [0.5, 0.6) is 0 Å². The number of likely N-dealkylation sites (tertiary alicyclic amines) is 1. The highest BCUT2D eigenvalue weighted by Crippen LogP contribution is 2.37. The van der Waals surface area contributed by atoms with Crippen LogP contribution in [-0.2, 0) is 10.0 Å². The van der Waals surface area contributed by atoms with Crippen LogP contribution in [0.3, 0.4) is 0 Å². The fourth-order valence-corrected chi connectivity index (χ4v) is 4.26. The average molecular weight is 316 g/mol. The Morgan fingerprint density at radius 3 is 2.40 bits per heavy atom. The predicted octanol–water partition coefficient (Wildman–Crippen LogP) is 0.411. The summed E-state index contributed by atoms with van der Waals surface area (Å²) in [6.07, 6.45) is -4.13. The van der Waals surface area contributed by atoms with Crippen molar-refractivity contribution >= 4 is 10.0 Å². The molecular weight excluding hydrogens is 297 g/mol. The van der Waals surface area contributed by atoms with E-state index in [1.807, 2.05) is 0 Å². The molecule has 2 aliphatic rings. The Morgan fingerprint density at radius 2 is 1.85 bits per heavy atom. The van der Waals surface area contributed by atoms with E-state index in [-0.39, 0.29) is 31.7 Å². The minimum atomic E-state index is -4.65. The van der Waals surface area contributed by atoms with Gasteiger partial charge in [-0.05, 0) is 25.8 Å². The molecule has 2 saturated heterocycles. The molecular formula is C11H19F3N2O3S. The molecule has 2 heterocycles. The molecule has 0 amide bonds. The molecule has 0 bridgehead atoms. The van der Waals surface area contributed by atoms with Crippen LogP contribution in [0.2, 0.25) is 0 Å². The van der Waals surface area contributed by atoms with Gasteiger partial charge in [-0.25, -0.2) is 12.7 Å². The molecule has 2 aliphatic heterocycles. The topological polar surface area (TPSA) is 60.9 Å². The van der Waals surface area contributed by atoms with E-state index in [2.05, 4.69) is 0 Å². The molecule has 0 aromatic rings. The molecule has 0 radical (unpaired) electrons. The zero-order chi connectivity index (χ0) is 15.0. The molecule has 1 N–H and O–H groups in total. The van der Waals surface area contributed by atoms with Gasteiger partial charge in [0.15, 0.2) is 5.60 Å². The summed E-state index contributed by atoms with van der Waals surface area (Å²) in [6, 6.07) is 0. The highest BCUT2D eigenvalue weighted by molar-refractivity contribution is 7.89. The van der Waals surface area contributed by atoms with E-state index in [0.717, 1.165) is 0 Å². The molecule has 2 fully saturated rings. The van der Waals surface area contributed by atoms with E-state index in [4.69, 9.17) is 0 Å². The lowest BCUT2D eigenvalue weighted by atomic mass is 9.92. The summed E-state index contributed by atoms with van der Waals surface area (Å²) in [7, 11) is -3.22. The summed E-state index contributed by atoms with van der Waals surface area (Å²) in [4.78, 5) is 1.49. The van der Waals surface area contributed by atoms with Crippen LogP contribution in [0.25, 0.3) is 0 Å². The van der Waals surface area contributed by atoms with Crippen molar-refractivity contribution in [2.45, 2.75) is 31.0 Å². The zero-order valence-electron chi connectivity index (χ0n) is 11.1. The van der Waals surface area contributed by atoms with Gasteiger partial charge in [0.05, 0.1) is 5.75 Å². The molecule has 1 unspecified atom stereocenters. The summed E-state index contributed by atoms with van der Waals surface area (Å²) < 4.78 is 62.9. The fourth-order valence-electron chi connectivity index (χ4n) is 2.74. The highest BCUT2D eigenvalue weighted by atomic mass is 32.2. The monoisotopic (exact) mass is 316 g/mol. The second-order valence-corrected chi connectivity index (χ2v) is 7.57. The van der Waals surface area contributed by atoms with Gasteiger partial charge in [-0.1, -0.05) is 0 Å². The smallest absolute Gasteiger partial charge is 0.379 e. The SMILES string of the molecule is O=S1(=O)CCCN1CCN1CCCC(O)(C(F)(F)F)C1. The number of hydrogen-bond acceptors (Lipinski definition) is 4. The van der Waals surface area contributed by atoms with Crippen molar-refractivity contribution < 1.29 is 26.7 Å². The van der Waals surface area contributed by atoms with Gasteiger partial charge in [0.2, 0.25) is 10.0 Å². The van der Waals surface area contributed by atoms with E-state index in [9.17, 15) is 26.7 Å². The Balaban J connectivity index is 1.91. The third kappa shape index (κ3) is 3.26. The van der Waals surface area contributed by atoms with Gasteiger partial charge in [0.25, 0.3) is 0 Å². The third-order valence-electron chi connectivity index (χ3n) is 3.95. The van der Waals surface area contributed by atoms with Crippen molar-refractivity contribution in [2.24, 2.45) is 0 Å². The lowest BCUT2D eigenvalue weighted by molar-refractivity contribution is -0.274. The van der Waals surface area contributed by atoms with E-state index < -0.39 is 28.3 Å². The minimum Gasteiger partial charge on any atom is -0.379 e. The van der Waals surface area contributed by atoms with Gasteiger partial charge < -0.3 is 5.11 Å². The van der Waals surface area contributed by atoms with Crippen molar-refractivity contribution in [1.29, 1.82) is 0 Å². The van der Waals surface area contributed by atoms with E-state index in [1.54, 1.807) is 0 Å². The van der Waals surface area contributed by atoms with Crippen LogP contribution >= 0.6 is 0 Å². The molecule has 0 aromatic carbocycles. The maximum atomic E-state index is 12.8. The van der Waals surface area contributed by atoms with Gasteiger partial charge in [0, 0.05) is 26.2 Å². The Labute approximate surface area is 116 Å². The first-order valence-electron chi connectivity index (χ1n) is 6.63. The first-order valence-corrected chi connectivity index (χ1v) is 8.24. The lowest BCUT2D eigenvalue weighted by Gasteiger charge is -2.40. The van der Waals surface area contributed by atoms with Crippen LogP contribution in [0, 0.1) is 0 Å². The van der Waals surface area contributed by atoms with Crippen molar-refractivity contribution in [1.82, 2.24) is 9.21 Å². The molecule has 0 spiro atoms. The van der Waals surface area contributed by atoms with E-state index in [0.29, 0.717) is 19.5 Å². The molecule has 0 aliphatic carbocycles. The van der Waals surface area contributed by atoms with Crippen LogP contribution in [0.4, 0.5) is 13.2 Å². The summed E-state index contributed by atoms with van der Waals surface area (Å²) >= 11 is 0. The number of β-amino-alcohol motifs (C(OH)–C–C–N with tert-alkyl or cyclic N) is 1. The third-order valence-corrected chi connectivity index (χ3v) is 5.90. The Bertz CT molecular complexity index is 454. The standard InChI is InChI=1S/C11H19F3N2O3S/c12-11(13,14)10(17)3-1-4-15(9-10)6-7-16-5-2-8-20(16,18)19/h17H,1-9H2. The summed E-state index contributed by atoms with van der Waals surface area (Å²) in [6.45, 7) is 0.810. The van der Waals surface area contributed by atoms with Crippen LogP contribution in [0.15, 0.2) is 0 Å². The van der Waals surface area contributed by atoms with Crippen LogP contribution < -0.4 is 0 Å². The molecule has 0 aromatic heterocycles. The molecule has 20 heavy (non-hydrogen) atoms. The van der Waals surface area contributed by atoms with Crippen LogP contribution in [-0.4, -0.2) is 73.0 Å². The molecule has 0 saturated carbocycles. The molecule has 1 atom stereocenters. The Hall–Kier alpha value is -0.380. The lowest BCUT2D eigenvalue weighted by Crippen LogP contribution is -2.57. The molecule has 9 heteroatoms. The van der Waals surface area contributed by atoms with E-state index in [1.165, 1.54) is 9.21 Å². The fraction of sp³-hybridized carbons (Fsp3) is 1.00. The maximum absolute atomic E-state index is 12.8. The number of hydrogen-bond donors (Lipinski definition) is 1. The Morgan fingerprint density at radius 1 is 1.15 bits per heavy atom. The second kappa shape index (κ2) is 5.43. The molecule has 2 rings (SSSR count). The number of rotatable bonds is 3. The number of alkyl halides is 3. The number of piperidine rings is 1. The molecule has 118 valence electrons. The predicted molar refractivity (Wildman–Crippen MR) is 66.7 cm³/mol. The molecule has 5 nitrogen and oxygen atoms in total. The number of sulfonamides is 1. The number of aliphatic hydroxyl groups is 1. The van der Waals surface area contributed by atoms with Gasteiger partial charge in [0.1, 0.15) is 0 Å². The number of halogens is 3. The van der Waals surface area contributed by atoms with Crippen molar-refractivity contribution in [3.63, 3.8) is 0 Å². The number of nitrogens with zero attached hydrogens (tertiary/aromatic N) is 2. The van der Waals surface area contributed by atoms with Gasteiger partial charge in [-0.3, -0.25) is 4.90 Å². The first kappa shape index (κ1) is 16.0. The largest absolute Gasteiger partial charge is 0.418 e. The maximum Gasteiger partial charge on any atom is 0.418 e. The zero-order valence-corrected chi connectivity index (χ0v) is 11.9. The van der Waals surface area contributed by atoms with Crippen molar-refractivity contribution in [2.75, 3.05) is 38.5 Å². The van der Waals surface area contributed by atoms with Gasteiger partial charge in [-0.15, -0.1) is 0 Å². The van der Waals surface area contributed by atoms with E-state index >= 15 is 0 Å². The quantitative estimate of drug-likeness (QED) is 0.819.